The standard InChI is InChI=1S/C41H52N4O8Si/c1-26-38(54(4,5)32-18-16-31(51-2)17-19-32)35(24-36(47)44-22-8-9-30(44)25-46)53-41(26)33-23-29(43-39(49)27-11-13-28(42)14-12-27)15-20-34(33)45(40(41)50)21-7-6-10-37(48)52-3/h11-20,23,26,30,35,38,46H,6-10,21-22,24-25,42H2,1-5H3,(H,43,49)/t26-,30+,35+,38-,41+/m1/s1. The average Bonchev–Trinajstić information content (AvgIpc) is 3.83. The molecule has 288 valence electrons. The number of hydrogen-bond acceptors (Lipinski definition) is 9. The van der Waals surface area contributed by atoms with Crippen LogP contribution in [-0.4, -0.2) is 87.8 Å². The number of nitrogen functional groups attached to an aromatic ring is 1. The number of carbonyl (C=O) groups excluding carboxylic acids is 4. The first-order valence-corrected chi connectivity index (χ1v) is 21.9. The number of nitrogens with two attached hydrogens (primary N) is 1. The van der Waals surface area contributed by atoms with E-state index in [0.717, 1.165) is 23.8 Å². The van der Waals surface area contributed by atoms with E-state index in [1.54, 1.807) is 47.2 Å². The fourth-order valence-corrected chi connectivity index (χ4v) is 12.9. The monoisotopic (exact) mass is 756 g/mol. The van der Waals surface area contributed by atoms with Crippen molar-refractivity contribution < 1.29 is 38.5 Å². The fourth-order valence-electron chi connectivity index (χ4n) is 8.94. The second kappa shape index (κ2) is 15.9. The molecule has 6 rings (SSSR count). The first-order valence-electron chi connectivity index (χ1n) is 18.8. The highest BCUT2D eigenvalue weighted by Gasteiger charge is 2.66. The number of rotatable bonds is 13. The van der Waals surface area contributed by atoms with E-state index in [9.17, 15) is 19.5 Å². The predicted octanol–water partition coefficient (Wildman–Crippen LogP) is 4.81. The molecule has 1 spiro atoms. The number of ether oxygens (including phenoxy) is 3. The Hall–Kier alpha value is -4.72. The molecule has 0 aliphatic carbocycles. The van der Waals surface area contributed by atoms with Crippen molar-refractivity contribution in [1.82, 2.24) is 4.90 Å². The van der Waals surface area contributed by atoms with E-state index < -0.39 is 19.8 Å². The molecule has 0 saturated carbocycles. The van der Waals surface area contributed by atoms with E-state index in [0.29, 0.717) is 54.1 Å². The Morgan fingerprint density at radius 2 is 1.76 bits per heavy atom. The maximum absolute atomic E-state index is 15.1. The van der Waals surface area contributed by atoms with Crippen molar-refractivity contribution in [3.63, 3.8) is 0 Å². The van der Waals surface area contributed by atoms with Gasteiger partial charge in [-0.05, 0) is 85.8 Å². The Labute approximate surface area is 317 Å². The largest absolute Gasteiger partial charge is 0.497 e. The number of esters is 1. The highest BCUT2D eigenvalue weighted by Crippen LogP contribution is 2.60. The average molecular weight is 757 g/mol. The highest BCUT2D eigenvalue weighted by atomic mass is 28.3. The molecule has 3 amide bonds. The third-order valence-corrected chi connectivity index (χ3v) is 16.2. The Morgan fingerprint density at radius 3 is 2.43 bits per heavy atom. The van der Waals surface area contributed by atoms with Crippen molar-refractivity contribution in [2.75, 3.05) is 49.9 Å². The molecule has 3 aliphatic heterocycles. The number of hydrogen-bond donors (Lipinski definition) is 3. The van der Waals surface area contributed by atoms with Crippen LogP contribution in [0.1, 0.15) is 61.4 Å². The number of nitrogens with one attached hydrogen (secondary N) is 1. The van der Waals surface area contributed by atoms with Gasteiger partial charge in [0.15, 0.2) is 5.60 Å². The second-order valence-corrected chi connectivity index (χ2v) is 19.9. The zero-order valence-corrected chi connectivity index (χ0v) is 32.8. The Kier molecular flexibility index (Phi) is 11.5. The number of nitrogens with zero attached hydrogens (tertiary/aromatic N) is 2. The summed E-state index contributed by atoms with van der Waals surface area (Å²) in [4.78, 5) is 58.0. The number of amides is 3. The number of unbranched alkanes of at least 4 members (excludes halogenated alkanes) is 1. The minimum absolute atomic E-state index is 0.0646. The Balaban J connectivity index is 1.42. The Morgan fingerprint density at radius 1 is 1.04 bits per heavy atom. The molecule has 0 bridgehead atoms. The molecule has 0 aromatic heterocycles. The molecule has 3 heterocycles. The molecule has 54 heavy (non-hydrogen) atoms. The van der Waals surface area contributed by atoms with Crippen LogP contribution in [0, 0.1) is 5.92 Å². The molecular formula is C41H52N4O8Si. The van der Waals surface area contributed by atoms with Gasteiger partial charge in [0.25, 0.3) is 11.8 Å². The van der Waals surface area contributed by atoms with Crippen LogP contribution >= 0.6 is 0 Å². The van der Waals surface area contributed by atoms with Crippen molar-refractivity contribution in [2.24, 2.45) is 5.92 Å². The first kappa shape index (κ1) is 39.0. The van der Waals surface area contributed by atoms with Gasteiger partial charge in [-0.1, -0.05) is 37.3 Å². The number of aliphatic hydroxyl groups is 1. The molecule has 3 aromatic carbocycles. The van der Waals surface area contributed by atoms with Crippen molar-refractivity contribution in [3.8, 4) is 5.75 Å². The van der Waals surface area contributed by atoms with Gasteiger partial charge in [-0.2, -0.15) is 0 Å². The summed E-state index contributed by atoms with van der Waals surface area (Å²) in [6.07, 6.45) is 2.33. The van der Waals surface area contributed by atoms with E-state index in [1.807, 2.05) is 24.3 Å². The van der Waals surface area contributed by atoms with Gasteiger partial charge in [0.1, 0.15) is 5.75 Å². The van der Waals surface area contributed by atoms with E-state index >= 15 is 4.79 Å². The van der Waals surface area contributed by atoms with Gasteiger partial charge in [0, 0.05) is 47.9 Å². The maximum atomic E-state index is 15.1. The zero-order valence-electron chi connectivity index (χ0n) is 31.8. The second-order valence-electron chi connectivity index (χ2n) is 15.2. The van der Waals surface area contributed by atoms with Gasteiger partial charge in [-0.15, -0.1) is 0 Å². The lowest BCUT2D eigenvalue weighted by atomic mass is 9.82. The molecule has 2 fully saturated rings. The lowest BCUT2D eigenvalue weighted by Crippen LogP contribution is -2.52. The van der Waals surface area contributed by atoms with E-state index in [-0.39, 0.29) is 60.6 Å². The lowest BCUT2D eigenvalue weighted by Gasteiger charge is -2.37. The summed E-state index contributed by atoms with van der Waals surface area (Å²) in [6, 6.07) is 19.9. The normalized spacial score (nSPS) is 23.5. The summed E-state index contributed by atoms with van der Waals surface area (Å²) in [6.45, 7) is 7.39. The lowest BCUT2D eigenvalue weighted by molar-refractivity contribution is -0.150. The number of benzene rings is 3. The number of fused-ring (bicyclic) bond motifs is 2. The molecule has 13 heteroatoms. The molecule has 3 aliphatic rings. The smallest absolute Gasteiger partial charge is 0.305 e. The highest BCUT2D eigenvalue weighted by molar-refractivity contribution is 6.91. The third-order valence-electron chi connectivity index (χ3n) is 11.8. The van der Waals surface area contributed by atoms with Crippen LogP contribution in [-0.2, 0) is 29.5 Å². The summed E-state index contributed by atoms with van der Waals surface area (Å²) >= 11 is 0. The fraction of sp³-hybridized carbons (Fsp3) is 0.463. The van der Waals surface area contributed by atoms with Crippen molar-refractivity contribution in [3.05, 3.63) is 77.9 Å². The van der Waals surface area contributed by atoms with Crippen LogP contribution in [0.2, 0.25) is 18.6 Å². The van der Waals surface area contributed by atoms with Crippen LogP contribution in [0.4, 0.5) is 17.1 Å². The van der Waals surface area contributed by atoms with Crippen molar-refractivity contribution in [1.29, 1.82) is 0 Å². The van der Waals surface area contributed by atoms with E-state index in [2.05, 4.69) is 37.5 Å². The molecule has 4 N–H and O–H groups in total. The van der Waals surface area contributed by atoms with Gasteiger partial charge in [-0.3, -0.25) is 19.2 Å². The number of carbonyl (C=O) groups is 4. The van der Waals surface area contributed by atoms with Gasteiger partial charge < -0.3 is 40.2 Å². The van der Waals surface area contributed by atoms with Gasteiger partial charge in [-0.25, -0.2) is 0 Å². The summed E-state index contributed by atoms with van der Waals surface area (Å²) < 4.78 is 17.5. The zero-order chi connectivity index (χ0) is 38.8. The number of aliphatic hydroxyl groups excluding tert-OH is 1. The van der Waals surface area contributed by atoms with Crippen LogP contribution in [0.3, 0.4) is 0 Å². The van der Waals surface area contributed by atoms with Gasteiger partial charge >= 0.3 is 5.97 Å². The summed E-state index contributed by atoms with van der Waals surface area (Å²) in [5.74, 6) is -0.592. The van der Waals surface area contributed by atoms with Crippen LogP contribution in [0.5, 0.6) is 5.75 Å². The summed E-state index contributed by atoms with van der Waals surface area (Å²) in [5, 5.41) is 14.2. The first-order chi connectivity index (χ1) is 25.8. The predicted molar refractivity (Wildman–Crippen MR) is 209 cm³/mol. The number of likely N-dealkylation sites (tertiary alicyclic amines) is 1. The number of methoxy groups -OCH3 is 2. The van der Waals surface area contributed by atoms with E-state index in [4.69, 9.17) is 19.9 Å². The molecular weight excluding hydrogens is 705 g/mol. The molecule has 0 radical (unpaired) electrons. The van der Waals surface area contributed by atoms with Crippen LogP contribution < -0.4 is 25.9 Å². The summed E-state index contributed by atoms with van der Waals surface area (Å²) in [5.41, 5.74) is 7.00. The number of anilines is 3. The molecule has 0 unspecified atom stereocenters. The van der Waals surface area contributed by atoms with E-state index in [1.165, 1.54) is 7.11 Å². The molecule has 2 saturated heterocycles. The topological polar surface area (TPSA) is 161 Å². The SMILES string of the molecule is COC(=O)CCCCN1C(=O)[C@@]2(O[C@@H](CC(=O)N3CCC[C@H]3CO)[C@H]([Si](C)(C)c3ccc(OC)cc3)[C@H]2C)c2cc(NC(=O)c3ccc(N)cc3)ccc21. The van der Waals surface area contributed by atoms with Crippen molar-refractivity contribution in [2.45, 2.75) is 81.8 Å². The minimum Gasteiger partial charge on any atom is -0.497 e. The molecule has 12 nitrogen and oxygen atoms in total. The Bertz CT molecular complexity index is 1870. The minimum atomic E-state index is -2.55. The van der Waals surface area contributed by atoms with Crippen LogP contribution in [0.15, 0.2) is 66.7 Å². The quantitative estimate of drug-likeness (QED) is 0.0963. The van der Waals surface area contributed by atoms with Gasteiger partial charge in [0.05, 0.1) is 53.2 Å². The van der Waals surface area contributed by atoms with Crippen LogP contribution in [0.25, 0.3) is 0 Å². The summed E-state index contributed by atoms with van der Waals surface area (Å²) in [7, 11) is 0.442. The van der Waals surface area contributed by atoms with Crippen molar-refractivity contribution >= 4 is 54.0 Å². The molecule has 5 atom stereocenters. The van der Waals surface area contributed by atoms with Gasteiger partial charge in [0.2, 0.25) is 5.91 Å². The molecule has 3 aromatic rings. The third kappa shape index (κ3) is 7.24. The maximum Gasteiger partial charge on any atom is 0.305 e.